The lowest BCUT2D eigenvalue weighted by Gasteiger charge is -2.10. The highest BCUT2D eigenvalue weighted by Gasteiger charge is 2.08. The summed E-state index contributed by atoms with van der Waals surface area (Å²) in [7, 11) is 1.33. The Morgan fingerprint density at radius 3 is 2.52 bits per heavy atom. The predicted octanol–water partition coefficient (Wildman–Crippen LogP) is 3.46. The van der Waals surface area contributed by atoms with Gasteiger partial charge in [0.1, 0.15) is 5.75 Å². The number of carbonyl (C=O) groups excluding carboxylic acids is 2. The Balaban J connectivity index is 1.81. The lowest BCUT2D eigenvalue weighted by atomic mass is 10.1. The van der Waals surface area contributed by atoms with Crippen molar-refractivity contribution in [1.82, 2.24) is 5.32 Å². The molecular weight excluding hydrogens is 342 g/mol. The van der Waals surface area contributed by atoms with Crippen molar-refractivity contribution in [2.24, 2.45) is 0 Å². The molecule has 0 aromatic heterocycles. The average molecular weight is 362 g/mol. The van der Waals surface area contributed by atoms with Crippen LogP contribution in [-0.2, 0) is 14.3 Å². The van der Waals surface area contributed by atoms with E-state index in [0.717, 1.165) is 11.1 Å². The van der Waals surface area contributed by atoms with Gasteiger partial charge in [-0.25, -0.2) is 0 Å². The fraction of sp³-hybridized carbons (Fsp3) is 0.263. The Morgan fingerprint density at radius 1 is 1.08 bits per heavy atom. The summed E-state index contributed by atoms with van der Waals surface area (Å²) in [6, 6.07) is 15.3. The summed E-state index contributed by atoms with van der Waals surface area (Å²) in [6.07, 6.45) is 0.787. The quantitative estimate of drug-likeness (QED) is 0.577. The maximum Gasteiger partial charge on any atom is 0.305 e. The Labute approximate surface area is 151 Å². The van der Waals surface area contributed by atoms with Crippen molar-refractivity contribution in [2.75, 3.05) is 20.3 Å². The smallest absolute Gasteiger partial charge is 0.305 e. The summed E-state index contributed by atoms with van der Waals surface area (Å²) >= 11 is 6.23. The van der Waals surface area contributed by atoms with Crippen molar-refractivity contribution in [3.8, 4) is 16.9 Å². The number of halogens is 1. The van der Waals surface area contributed by atoms with Crippen molar-refractivity contribution < 1.29 is 19.1 Å². The molecule has 2 aromatic rings. The largest absolute Gasteiger partial charge is 0.482 e. The summed E-state index contributed by atoms with van der Waals surface area (Å²) in [6.45, 7) is 0.251. The molecule has 0 radical (unpaired) electrons. The molecule has 0 bridgehead atoms. The maximum atomic E-state index is 11.7. The van der Waals surface area contributed by atoms with Crippen molar-refractivity contribution in [3.05, 3.63) is 53.6 Å². The van der Waals surface area contributed by atoms with Gasteiger partial charge >= 0.3 is 5.97 Å². The SMILES string of the molecule is COC(=O)CCCNC(=O)COc1ccc(-c2ccccc2)cc1Cl. The molecule has 6 heteroatoms. The second-order valence-corrected chi connectivity index (χ2v) is 5.74. The van der Waals surface area contributed by atoms with Gasteiger partial charge in [-0.2, -0.15) is 0 Å². The van der Waals surface area contributed by atoms with Crippen LogP contribution in [0.5, 0.6) is 5.75 Å². The molecule has 0 aliphatic carbocycles. The molecule has 0 saturated heterocycles. The normalized spacial score (nSPS) is 10.2. The van der Waals surface area contributed by atoms with Crippen LogP contribution in [-0.4, -0.2) is 32.1 Å². The van der Waals surface area contributed by atoms with Crippen LogP contribution >= 0.6 is 11.6 Å². The van der Waals surface area contributed by atoms with Crippen LogP contribution in [0.15, 0.2) is 48.5 Å². The Hall–Kier alpha value is -2.53. The third-order valence-electron chi connectivity index (χ3n) is 3.51. The Bertz CT molecular complexity index is 719. The zero-order valence-electron chi connectivity index (χ0n) is 14.0. The van der Waals surface area contributed by atoms with Crippen LogP contribution < -0.4 is 10.1 Å². The molecule has 2 rings (SSSR count). The lowest BCUT2D eigenvalue weighted by Crippen LogP contribution is -2.30. The first-order chi connectivity index (χ1) is 12.1. The number of ether oxygens (including phenoxy) is 2. The van der Waals surface area contributed by atoms with Crippen LogP contribution in [0.25, 0.3) is 11.1 Å². The van der Waals surface area contributed by atoms with E-state index in [1.54, 1.807) is 12.1 Å². The minimum atomic E-state index is -0.296. The molecule has 132 valence electrons. The number of hydrogen-bond donors (Lipinski definition) is 1. The maximum absolute atomic E-state index is 11.7. The second kappa shape index (κ2) is 9.69. The predicted molar refractivity (Wildman–Crippen MR) is 96.6 cm³/mol. The number of nitrogens with one attached hydrogen (secondary N) is 1. The van der Waals surface area contributed by atoms with Gasteiger partial charge in [0.25, 0.3) is 5.91 Å². The molecule has 2 aromatic carbocycles. The van der Waals surface area contributed by atoms with Crippen LogP contribution in [0.3, 0.4) is 0 Å². The molecule has 5 nitrogen and oxygen atoms in total. The number of benzene rings is 2. The third kappa shape index (κ3) is 6.12. The molecule has 0 aliphatic rings. The summed E-state index contributed by atoms with van der Waals surface area (Å²) in [4.78, 5) is 22.7. The summed E-state index contributed by atoms with van der Waals surface area (Å²) in [5.74, 6) is -0.116. The van der Waals surface area contributed by atoms with Crippen LogP contribution in [0.1, 0.15) is 12.8 Å². The molecule has 25 heavy (non-hydrogen) atoms. The fourth-order valence-electron chi connectivity index (χ4n) is 2.18. The zero-order chi connectivity index (χ0) is 18.1. The second-order valence-electron chi connectivity index (χ2n) is 5.33. The van der Waals surface area contributed by atoms with E-state index in [2.05, 4.69) is 10.1 Å². The van der Waals surface area contributed by atoms with Crippen LogP contribution in [0.2, 0.25) is 5.02 Å². The van der Waals surface area contributed by atoms with Gasteiger partial charge in [-0.3, -0.25) is 9.59 Å². The van der Waals surface area contributed by atoms with Crippen molar-refractivity contribution in [1.29, 1.82) is 0 Å². The minimum absolute atomic E-state index is 0.136. The molecular formula is C19H20ClNO4. The molecule has 0 atom stereocenters. The molecule has 1 amide bonds. The van der Waals surface area contributed by atoms with E-state index in [1.807, 2.05) is 36.4 Å². The Kier molecular flexibility index (Phi) is 7.29. The van der Waals surface area contributed by atoms with E-state index < -0.39 is 0 Å². The van der Waals surface area contributed by atoms with E-state index >= 15 is 0 Å². The van der Waals surface area contributed by atoms with Gasteiger partial charge in [-0.05, 0) is 29.7 Å². The van der Waals surface area contributed by atoms with Crippen molar-refractivity contribution >= 4 is 23.5 Å². The minimum Gasteiger partial charge on any atom is -0.482 e. The van der Waals surface area contributed by atoms with Crippen LogP contribution in [0.4, 0.5) is 0 Å². The molecule has 1 N–H and O–H groups in total. The third-order valence-corrected chi connectivity index (χ3v) is 3.80. The van der Waals surface area contributed by atoms with E-state index in [4.69, 9.17) is 16.3 Å². The summed E-state index contributed by atoms with van der Waals surface area (Å²) in [5, 5.41) is 3.12. The number of esters is 1. The molecule has 0 spiro atoms. The Morgan fingerprint density at radius 2 is 1.84 bits per heavy atom. The van der Waals surface area contributed by atoms with Gasteiger partial charge in [0, 0.05) is 13.0 Å². The number of methoxy groups -OCH3 is 1. The first-order valence-electron chi connectivity index (χ1n) is 7.91. The molecule has 0 heterocycles. The lowest BCUT2D eigenvalue weighted by molar-refractivity contribution is -0.140. The molecule has 0 saturated carbocycles. The van der Waals surface area contributed by atoms with Crippen molar-refractivity contribution in [3.63, 3.8) is 0 Å². The number of amides is 1. The highest BCUT2D eigenvalue weighted by molar-refractivity contribution is 6.32. The van der Waals surface area contributed by atoms with Gasteiger partial charge in [0.2, 0.25) is 0 Å². The highest BCUT2D eigenvalue weighted by atomic mass is 35.5. The van der Waals surface area contributed by atoms with Gasteiger partial charge in [-0.15, -0.1) is 0 Å². The van der Waals surface area contributed by atoms with Gasteiger partial charge in [0.05, 0.1) is 12.1 Å². The van der Waals surface area contributed by atoms with Gasteiger partial charge < -0.3 is 14.8 Å². The first-order valence-corrected chi connectivity index (χ1v) is 8.29. The fourth-order valence-corrected chi connectivity index (χ4v) is 2.42. The molecule has 0 fully saturated rings. The van der Waals surface area contributed by atoms with Gasteiger partial charge in [0.15, 0.2) is 6.61 Å². The highest BCUT2D eigenvalue weighted by Crippen LogP contribution is 2.30. The topological polar surface area (TPSA) is 64.6 Å². The summed E-state index contributed by atoms with van der Waals surface area (Å²) in [5.41, 5.74) is 2.03. The van der Waals surface area contributed by atoms with E-state index in [0.29, 0.717) is 23.7 Å². The molecule has 0 unspecified atom stereocenters. The number of rotatable bonds is 8. The van der Waals surface area contributed by atoms with Crippen molar-refractivity contribution in [2.45, 2.75) is 12.8 Å². The number of hydrogen-bond acceptors (Lipinski definition) is 4. The molecule has 0 aliphatic heterocycles. The zero-order valence-corrected chi connectivity index (χ0v) is 14.7. The monoisotopic (exact) mass is 361 g/mol. The standard InChI is InChI=1S/C19H20ClNO4/c1-24-19(23)8-5-11-21-18(22)13-25-17-10-9-15(12-16(17)20)14-6-3-2-4-7-14/h2-4,6-7,9-10,12H,5,8,11,13H2,1H3,(H,21,22). The first kappa shape index (κ1) is 18.8. The average Bonchev–Trinajstić information content (AvgIpc) is 2.64. The summed E-state index contributed by atoms with van der Waals surface area (Å²) < 4.78 is 9.98. The van der Waals surface area contributed by atoms with E-state index in [1.165, 1.54) is 7.11 Å². The number of carbonyl (C=O) groups is 2. The van der Waals surface area contributed by atoms with Gasteiger partial charge in [-0.1, -0.05) is 48.0 Å². The van der Waals surface area contributed by atoms with E-state index in [-0.39, 0.29) is 24.9 Å². The van der Waals surface area contributed by atoms with E-state index in [9.17, 15) is 9.59 Å². The van der Waals surface area contributed by atoms with Crippen LogP contribution in [0, 0.1) is 0 Å².